The lowest BCUT2D eigenvalue weighted by Crippen LogP contribution is -2.43. The highest BCUT2D eigenvalue weighted by Gasteiger charge is 2.15. The molecule has 1 aliphatic rings. The van der Waals surface area contributed by atoms with E-state index < -0.39 is 0 Å². The zero-order chi connectivity index (χ0) is 16.1. The van der Waals surface area contributed by atoms with Crippen molar-refractivity contribution in [1.82, 2.24) is 35.1 Å². The summed E-state index contributed by atoms with van der Waals surface area (Å²) in [4.78, 5) is 20.5. The third-order valence-corrected chi connectivity index (χ3v) is 3.87. The second kappa shape index (κ2) is 7.83. The molecule has 23 heavy (non-hydrogen) atoms. The molecular formula is C11H17N7O4S. The van der Waals surface area contributed by atoms with Crippen LogP contribution in [-0.2, 0) is 14.4 Å². The minimum atomic E-state index is -0.277. The summed E-state index contributed by atoms with van der Waals surface area (Å²) in [7, 11) is 1.95. The summed E-state index contributed by atoms with van der Waals surface area (Å²) in [6, 6.07) is 1.30. The summed E-state index contributed by atoms with van der Waals surface area (Å²) < 4.78 is 6.04. The fraction of sp³-hybridized carbons (Fsp3) is 0.545. The maximum atomic E-state index is 11.7. The molecule has 12 heteroatoms. The van der Waals surface area contributed by atoms with Crippen molar-refractivity contribution >= 4 is 17.8 Å². The second-order valence-electron chi connectivity index (χ2n) is 4.91. The van der Waals surface area contributed by atoms with Crippen LogP contribution < -0.4 is 11.0 Å². The molecular weight excluding hydrogens is 326 g/mol. The van der Waals surface area contributed by atoms with Gasteiger partial charge in [0, 0.05) is 26.2 Å². The number of nitrogens with one attached hydrogen (secondary N) is 2. The van der Waals surface area contributed by atoms with Crippen molar-refractivity contribution in [3.63, 3.8) is 0 Å². The number of H-pyrrole nitrogens is 1. The molecule has 0 bridgehead atoms. The largest absolute Gasteiger partial charge is 0.269 e. The highest BCUT2D eigenvalue weighted by atomic mass is 32.2. The average Bonchev–Trinajstić information content (AvgIpc) is 3.21. The smallest absolute Gasteiger partial charge is 0.261 e. The molecule has 2 aromatic rings. The molecule has 2 N–H and O–H groups in total. The first-order valence-corrected chi connectivity index (χ1v) is 7.77. The van der Waals surface area contributed by atoms with Gasteiger partial charge in [-0.15, -0.1) is 9.32 Å². The Labute approximate surface area is 135 Å². The molecule has 11 nitrogen and oxygen atoms in total. The Morgan fingerprint density at radius 3 is 3.13 bits per heavy atom. The summed E-state index contributed by atoms with van der Waals surface area (Å²) in [6.45, 7) is 2.54. The molecule has 126 valence electrons. The highest BCUT2D eigenvalue weighted by molar-refractivity contribution is 7.94. The van der Waals surface area contributed by atoms with E-state index in [1.165, 1.54) is 29.6 Å². The van der Waals surface area contributed by atoms with Gasteiger partial charge in [0.2, 0.25) is 5.78 Å². The first-order chi connectivity index (χ1) is 11.2. The quantitative estimate of drug-likeness (QED) is 0.166. The van der Waals surface area contributed by atoms with E-state index in [1.54, 1.807) is 0 Å². The van der Waals surface area contributed by atoms with Crippen LogP contribution in [0.25, 0.3) is 5.78 Å². The minimum absolute atomic E-state index is 0.277. The summed E-state index contributed by atoms with van der Waals surface area (Å²) in [5, 5.41) is 15.4. The standard InChI is InChI=1S/C11H17N7O4S/c1-16(17-4-2-3-5-17)8-13-20-21-22-23-9-6-10(19)18-7-12-15-11(18)14-9/h6-7,13H,2-5,8H2,1H3,(H,14,15). The van der Waals surface area contributed by atoms with Crippen LogP contribution >= 0.6 is 12.0 Å². The molecule has 3 heterocycles. The van der Waals surface area contributed by atoms with Crippen molar-refractivity contribution in [3.8, 4) is 0 Å². The molecule has 0 radical (unpaired) electrons. The first kappa shape index (κ1) is 16.3. The molecule has 0 atom stereocenters. The lowest BCUT2D eigenvalue weighted by Gasteiger charge is -2.26. The molecule has 1 saturated heterocycles. The van der Waals surface area contributed by atoms with Crippen molar-refractivity contribution in [2.24, 2.45) is 0 Å². The zero-order valence-electron chi connectivity index (χ0n) is 12.5. The maximum absolute atomic E-state index is 11.7. The van der Waals surface area contributed by atoms with Crippen molar-refractivity contribution < 1.29 is 14.4 Å². The summed E-state index contributed by atoms with van der Waals surface area (Å²) in [5.41, 5.74) is 2.33. The van der Waals surface area contributed by atoms with Crippen LogP contribution in [0.2, 0.25) is 0 Å². The van der Waals surface area contributed by atoms with E-state index in [0.717, 1.165) is 25.1 Å². The minimum Gasteiger partial charge on any atom is -0.269 e. The molecule has 0 aliphatic carbocycles. The van der Waals surface area contributed by atoms with Gasteiger partial charge in [-0.2, -0.15) is 10.6 Å². The summed E-state index contributed by atoms with van der Waals surface area (Å²) in [5.74, 6) is 0.315. The van der Waals surface area contributed by atoms with Crippen LogP contribution in [0, 0.1) is 0 Å². The van der Waals surface area contributed by atoms with Crippen LogP contribution in [0.5, 0.6) is 0 Å². The second-order valence-corrected chi connectivity index (χ2v) is 5.63. The molecule has 1 aliphatic heterocycles. The number of hydroxylamine groups is 1. The molecule has 1 fully saturated rings. The number of hydrogen-bond donors (Lipinski definition) is 2. The van der Waals surface area contributed by atoms with Gasteiger partial charge in [0.05, 0.1) is 18.7 Å². The van der Waals surface area contributed by atoms with Gasteiger partial charge in [-0.05, 0) is 17.9 Å². The number of hydrazine groups is 1. The number of hydrogen-bond acceptors (Lipinski definition) is 10. The molecule has 0 saturated carbocycles. The van der Waals surface area contributed by atoms with E-state index >= 15 is 0 Å². The van der Waals surface area contributed by atoms with Crippen LogP contribution in [-0.4, -0.2) is 56.4 Å². The summed E-state index contributed by atoms with van der Waals surface area (Å²) >= 11 is 0.754. The SMILES string of the molecule is CN(CNOOOSc1cc(=O)n2cn[nH]c2n1)N1CCCC1. The van der Waals surface area contributed by atoms with E-state index in [9.17, 15) is 4.79 Å². The van der Waals surface area contributed by atoms with Gasteiger partial charge in [-0.25, -0.2) is 24.5 Å². The van der Waals surface area contributed by atoms with Gasteiger partial charge < -0.3 is 0 Å². The van der Waals surface area contributed by atoms with E-state index in [0.29, 0.717) is 17.5 Å². The van der Waals surface area contributed by atoms with Crippen molar-refractivity contribution in [1.29, 1.82) is 0 Å². The summed E-state index contributed by atoms with van der Waals surface area (Å²) in [6.07, 6.45) is 3.75. The van der Waals surface area contributed by atoms with Gasteiger partial charge in [-0.1, -0.05) is 0 Å². The highest BCUT2D eigenvalue weighted by Crippen LogP contribution is 2.15. The van der Waals surface area contributed by atoms with Gasteiger partial charge in [0.25, 0.3) is 5.56 Å². The van der Waals surface area contributed by atoms with E-state index in [-0.39, 0.29) is 5.56 Å². The fourth-order valence-electron chi connectivity index (χ4n) is 2.20. The predicted molar refractivity (Wildman–Crippen MR) is 79.3 cm³/mol. The Morgan fingerprint density at radius 2 is 2.30 bits per heavy atom. The molecule has 2 aromatic heterocycles. The Bertz CT molecular complexity index is 686. The third kappa shape index (κ3) is 4.26. The third-order valence-electron chi connectivity index (χ3n) is 3.37. The van der Waals surface area contributed by atoms with Crippen molar-refractivity contribution in [3.05, 3.63) is 22.7 Å². The van der Waals surface area contributed by atoms with Gasteiger partial charge in [0.1, 0.15) is 11.4 Å². The average molecular weight is 343 g/mol. The number of nitrogens with zero attached hydrogens (tertiary/aromatic N) is 5. The number of aromatic nitrogens is 4. The van der Waals surface area contributed by atoms with Gasteiger partial charge in [-0.3, -0.25) is 4.79 Å². The van der Waals surface area contributed by atoms with Crippen molar-refractivity contribution in [2.75, 3.05) is 26.8 Å². The monoisotopic (exact) mass is 343 g/mol. The van der Waals surface area contributed by atoms with Gasteiger partial charge >= 0.3 is 0 Å². The molecule has 0 amide bonds. The normalized spacial score (nSPS) is 15.9. The Kier molecular flexibility index (Phi) is 5.56. The number of fused-ring (bicyclic) bond motifs is 1. The lowest BCUT2D eigenvalue weighted by atomic mass is 10.4. The van der Waals surface area contributed by atoms with Crippen LogP contribution in [0.3, 0.4) is 0 Å². The van der Waals surface area contributed by atoms with E-state index in [4.69, 9.17) is 9.32 Å². The lowest BCUT2D eigenvalue weighted by molar-refractivity contribution is -0.489. The predicted octanol–water partition coefficient (Wildman–Crippen LogP) is -0.291. The number of aromatic amines is 1. The molecule has 0 aromatic carbocycles. The van der Waals surface area contributed by atoms with Gasteiger partial charge in [0.15, 0.2) is 0 Å². The van der Waals surface area contributed by atoms with E-state index in [1.807, 2.05) is 12.1 Å². The van der Waals surface area contributed by atoms with Crippen LogP contribution in [0.4, 0.5) is 0 Å². The Hall–Kier alpha value is -1.54. The van der Waals surface area contributed by atoms with Crippen molar-refractivity contribution in [2.45, 2.75) is 17.9 Å². The Balaban J connectivity index is 1.35. The molecule has 0 unspecified atom stereocenters. The topological polar surface area (TPSA) is 109 Å². The zero-order valence-corrected chi connectivity index (χ0v) is 13.3. The van der Waals surface area contributed by atoms with Crippen LogP contribution in [0.1, 0.15) is 12.8 Å². The van der Waals surface area contributed by atoms with E-state index in [2.05, 4.69) is 30.7 Å². The fourth-order valence-corrected chi connectivity index (χ4v) is 2.59. The molecule has 0 spiro atoms. The number of rotatable bonds is 8. The molecule has 3 rings (SSSR count). The maximum Gasteiger partial charge on any atom is 0.261 e. The van der Waals surface area contributed by atoms with Crippen LogP contribution in [0.15, 0.2) is 22.2 Å². The Morgan fingerprint density at radius 1 is 1.48 bits per heavy atom. The first-order valence-electron chi connectivity index (χ1n) is 7.02.